The van der Waals surface area contributed by atoms with Crippen LogP contribution in [0.1, 0.15) is 12.0 Å². The molecule has 1 aliphatic heterocycles. The molecule has 0 radical (unpaired) electrons. The van der Waals surface area contributed by atoms with E-state index in [9.17, 15) is 9.90 Å². The van der Waals surface area contributed by atoms with Crippen LogP contribution in [0.3, 0.4) is 0 Å². The first-order chi connectivity index (χ1) is 11.2. The van der Waals surface area contributed by atoms with Gasteiger partial charge < -0.3 is 14.7 Å². The molecule has 120 valence electrons. The Labute approximate surface area is 136 Å². The van der Waals surface area contributed by atoms with E-state index in [1.54, 1.807) is 30.2 Å². The number of carbonyl (C=O) groups excluding carboxylic acids is 1. The number of amides is 1. The molecule has 1 saturated heterocycles. The van der Waals surface area contributed by atoms with Gasteiger partial charge in [0.15, 0.2) is 0 Å². The van der Waals surface area contributed by atoms with Crippen molar-refractivity contribution in [1.29, 1.82) is 0 Å². The van der Waals surface area contributed by atoms with Crippen molar-refractivity contribution >= 4 is 11.6 Å². The van der Waals surface area contributed by atoms with Crippen LogP contribution in [0.4, 0.5) is 5.69 Å². The second-order valence-corrected chi connectivity index (χ2v) is 5.93. The van der Waals surface area contributed by atoms with Crippen molar-refractivity contribution in [2.24, 2.45) is 5.92 Å². The summed E-state index contributed by atoms with van der Waals surface area (Å²) in [5.41, 5.74) is 1.72. The molecule has 0 unspecified atom stereocenters. The summed E-state index contributed by atoms with van der Waals surface area (Å²) >= 11 is 0. The number of hydrogen-bond donors (Lipinski definition) is 1. The lowest BCUT2D eigenvalue weighted by Crippen LogP contribution is -2.36. The molecule has 0 spiro atoms. The van der Waals surface area contributed by atoms with E-state index in [1.807, 2.05) is 36.4 Å². The molecular formula is C19H21NO3. The van der Waals surface area contributed by atoms with Gasteiger partial charge in [0.05, 0.1) is 18.3 Å². The minimum atomic E-state index is -0.0860. The predicted molar refractivity (Wildman–Crippen MR) is 89.5 cm³/mol. The average Bonchev–Trinajstić information content (AvgIpc) is 2.85. The Hall–Kier alpha value is -2.33. The van der Waals surface area contributed by atoms with Crippen molar-refractivity contribution < 1.29 is 14.6 Å². The Balaban J connectivity index is 1.86. The fourth-order valence-electron chi connectivity index (χ4n) is 3.30. The fourth-order valence-corrected chi connectivity index (χ4v) is 3.30. The van der Waals surface area contributed by atoms with E-state index in [-0.39, 0.29) is 23.6 Å². The van der Waals surface area contributed by atoms with Gasteiger partial charge in [-0.1, -0.05) is 42.5 Å². The summed E-state index contributed by atoms with van der Waals surface area (Å²) in [5, 5.41) is 10.1. The Morgan fingerprint density at radius 3 is 2.52 bits per heavy atom. The zero-order valence-electron chi connectivity index (χ0n) is 13.2. The SMILES string of the molecule is COC[C@H]1C[C@@H](Cc2ccccc2)C(=O)N1c1ccccc1O. The second kappa shape index (κ2) is 6.84. The van der Waals surface area contributed by atoms with Crippen molar-refractivity contribution in [3.05, 3.63) is 60.2 Å². The minimum Gasteiger partial charge on any atom is -0.506 e. The molecule has 1 N–H and O–H groups in total. The zero-order chi connectivity index (χ0) is 16.2. The molecule has 2 aromatic rings. The number of hydrogen-bond acceptors (Lipinski definition) is 3. The molecule has 0 aliphatic carbocycles. The first-order valence-corrected chi connectivity index (χ1v) is 7.84. The normalized spacial score (nSPS) is 20.9. The molecule has 1 aliphatic rings. The topological polar surface area (TPSA) is 49.8 Å². The Bertz CT molecular complexity index is 671. The van der Waals surface area contributed by atoms with Gasteiger partial charge in [0.25, 0.3) is 0 Å². The first-order valence-electron chi connectivity index (χ1n) is 7.84. The number of para-hydroxylation sites is 2. The van der Waals surface area contributed by atoms with Crippen LogP contribution < -0.4 is 4.90 Å². The van der Waals surface area contributed by atoms with E-state index in [1.165, 1.54) is 0 Å². The van der Waals surface area contributed by atoms with Crippen molar-refractivity contribution in [1.82, 2.24) is 0 Å². The van der Waals surface area contributed by atoms with Gasteiger partial charge in [-0.25, -0.2) is 0 Å². The summed E-state index contributed by atoms with van der Waals surface area (Å²) in [7, 11) is 1.64. The molecule has 3 rings (SSSR count). The minimum absolute atomic E-state index is 0.0467. The van der Waals surface area contributed by atoms with Gasteiger partial charge in [0, 0.05) is 13.0 Å². The molecule has 0 saturated carbocycles. The van der Waals surface area contributed by atoms with Gasteiger partial charge in [0.2, 0.25) is 5.91 Å². The van der Waals surface area contributed by atoms with Crippen LogP contribution in [-0.2, 0) is 16.0 Å². The maximum atomic E-state index is 12.9. The zero-order valence-corrected chi connectivity index (χ0v) is 13.2. The van der Waals surface area contributed by atoms with Crippen LogP contribution in [0, 0.1) is 5.92 Å². The van der Waals surface area contributed by atoms with E-state index < -0.39 is 0 Å². The number of rotatable bonds is 5. The molecule has 23 heavy (non-hydrogen) atoms. The number of phenolic OH excluding ortho intramolecular Hbond substituents is 1. The Morgan fingerprint density at radius 1 is 1.13 bits per heavy atom. The molecule has 0 bridgehead atoms. The highest BCUT2D eigenvalue weighted by Crippen LogP contribution is 2.36. The van der Waals surface area contributed by atoms with Crippen LogP contribution in [0.15, 0.2) is 54.6 Å². The van der Waals surface area contributed by atoms with Crippen molar-refractivity contribution in [2.45, 2.75) is 18.9 Å². The smallest absolute Gasteiger partial charge is 0.230 e. The van der Waals surface area contributed by atoms with Crippen molar-refractivity contribution in [2.75, 3.05) is 18.6 Å². The second-order valence-electron chi connectivity index (χ2n) is 5.93. The number of methoxy groups -OCH3 is 1. The highest BCUT2D eigenvalue weighted by Gasteiger charge is 2.41. The van der Waals surface area contributed by atoms with Crippen LogP contribution in [0.25, 0.3) is 0 Å². The molecule has 0 aromatic heterocycles. The standard InChI is InChI=1S/C19H21NO3/c1-23-13-16-12-15(11-14-7-3-2-4-8-14)19(22)20(16)17-9-5-6-10-18(17)21/h2-10,15-16,21H,11-13H2,1H3/t15-,16-/m1/s1. The van der Waals surface area contributed by atoms with Gasteiger partial charge in [0.1, 0.15) is 5.75 Å². The molecule has 1 fully saturated rings. The monoisotopic (exact) mass is 311 g/mol. The summed E-state index contributed by atoms with van der Waals surface area (Å²) in [6, 6.07) is 17.0. The number of benzene rings is 2. The third kappa shape index (κ3) is 3.22. The van der Waals surface area contributed by atoms with E-state index in [2.05, 4.69) is 0 Å². The molecule has 4 heteroatoms. The highest BCUT2D eigenvalue weighted by molar-refractivity contribution is 5.99. The number of nitrogens with zero attached hydrogens (tertiary/aromatic N) is 1. The van der Waals surface area contributed by atoms with Gasteiger partial charge >= 0.3 is 0 Å². The van der Waals surface area contributed by atoms with Gasteiger partial charge in [-0.05, 0) is 30.5 Å². The lowest BCUT2D eigenvalue weighted by atomic mass is 9.96. The van der Waals surface area contributed by atoms with Gasteiger partial charge in [-0.15, -0.1) is 0 Å². The molecule has 1 heterocycles. The molecule has 2 atom stereocenters. The van der Waals surface area contributed by atoms with Crippen molar-refractivity contribution in [3.8, 4) is 5.75 Å². The maximum absolute atomic E-state index is 12.9. The number of anilines is 1. The average molecular weight is 311 g/mol. The number of phenols is 1. The Morgan fingerprint density at radius 2 is 1.83 bits per heavy atom. The molecule has 4 nitrogen and oxygen atoms in total. The lowest BCUT2D eigenvalue weighted by molar-refractivity contribution is -0.120. The largest absolute Gasteiger partial charge is 0.506 e. The quantitative estimate of drug-likeness (QED) is 0.923. The van der Waals surface area contributed by atoms with E-state index in [4.69, 9.17) is 4.74 Å². The summed E-state index contributed by atoms with van der Waals surface area (Å²) in [5.74, 6) is 0.0943. The summed E-state index contributed by atoms with van der Waals surface area (Å²) in [6.45, 7) is 0.464. The number of ether oxygens (including phenoxy) is 1. The predicted octanol–water partition coefficient (Wildman–Crippen LogP) is 3.00. The van der Waals surface area contributed by atoms with Crippen LogP contribution >= 0.6 is 0 Å². The van der Waals surface area contributed by atoms with Crippen LogP contribution in [0.5, 0.6) is 5.75 Å². The van der Waals surface area contributed by atoms with E-state index >= 15 is 0 Å². The number of aromatic hydroxyl groups is 1. The fraction of sp³-hybridized carbons (Fsp3) is 0.316. The third-order valence-corrected chi connectivity index (χ3v) is 4.33. The highest BCUT2D eigenvalue weighted by atomic mass is 16.5. The van der Waals surface area contributed by atoms with E-state index in [0.29, 0.717) is 18.7 Å². The van der Waals surface area contributed by atoms with Gasteiger partial charge in [-0.2, -0.15) is 0 Å². The van der Waals surface area contributed by atoms with E-state index in [0.717, 1.165) is 12.0 Å². The number of carbonyl (C=O) groups is 1. The summed E-state index contributed by atoms with van der Waals surface area (Å²) in [6.07, 6.45) is 1.44. The van der Waals surface area contributed by atoms with Gasteiger partial charge in [-0.3, -0.25) is 4.79 Å². The third-order valence-electron chi connectivity index (χ3n) is 4.33. The lowest BCUT2D eigenvalue weighted by Gasteiger charge is -2.25. The summed E-state index contributed by atoms with van der Waals surface area (Å²) < 4.78 is 5.29. The molecule has 1 amide bonds. The van der Waals surface area contributed by atoms with Crippen molar-refractivity contribution in [3.63, 3.8) is 0 Å². The molecule has 2 aromatic carbocycles. The maximum Gasteiger partial charge on any atom is 0.230 e. The first kappa shape index (κ1) is 15.6. The Kier molecular flexibility index (Phi) is 4.63. The van der Waals surface area contributed by atoms with Crippen LogP contribution in [0.2, 0.25) is 0 Å². The van der Waals surface area contributed by atoms with Crippen LogP contribution in [-0.4, -0.2) is 30.8 Å². The molecular weight excluding hydrogens is 290 g/mol. The summed E-state index contributed by atoms with van der Waals surface area (Å²) in [4.78, 5) is 14.6.